The van der Waals surface area contributed by atoms with Crippen molar-refractivity contribution in [3.05, 3.63) is 101 Å². The Kier molecular flexibility index (Phi) is 6.06. The molecular weight excluding hydrogens is 436 g/mol. The molecule has 0 unspecified atom stereocenters. The van der Waals surface area contributed by atoms with Gasteiger partial charge in [-0.2, -0.15) is 4.31 Å². The van der Waals surface area contributed by atoms with E-state index in [2.05, 4.69) is 15.5 Å². The van der Waals surface area contributed by atoms with Crippen LogP contribution in [0.2, 0.25) is 0 Å². The van der Waals surface area contributed by atoms with Crippen molar-refractivity contribution in [3.63, 3.8) is 0 Å². The van der Waals surface area contributed by atoms with Crippen LogP contribution in [0.25, 0.3) is 5.69 Å². The molecule has 1 aromatic heterocycles. The van der Waals surface area contributed by atoms with Gasteiger partial charge in [0.15, 0.2) is 0 Å². The molecule has 4 rings (SSSR count). The number of benzene rings is 3. The summed E-state index contributed by atoms with van der Waals surface area (Å²) in [5, 5.41) is 11.0. The molecule has 0 spiro atoms. The number of aromatic nitrogens is 4. The highest BCUT2D eigenvalue weighted by molar-refractivity contribution is 7.89. The number of sulfonamides is 1. The fourth-order valence-corrected chi connectivity index (χ4v) is 4.78. The monoisotopic (exact) mass is 455 g/mol. The van der Waals surface area contributed by atoms with Gasteiger partial charge in [0.1, 0.15) is 18.0 Å². The summed E-state index contributed by atoms with van der Waals surface area (Å²) in [7, 11) is -3.94. The number of aryl methyl sites for hydroxylation is 1. The van der Waals surface area contributed by atoms with Gasteiger partial charge in [0.05, 0.1) is 10.6 Å². The van der Waals surface area contributed by atoms with E-state index >= 15 is 0 Å². The van der Waals surface area contributed by atoms with Gasteiger partial charge in [-0.25, -0.2) is 21.9 Å². The van der Waals surface area contributed by atoms with E-state index in [-0.39, 0.29) is 18.0 Å². The zero-order valence-electron chi connectivity index (χ0n) is 17.1. The Morgan fingerprint density at radius 1 is 0.875 bits per heavy atom. The molecule has 0 N–H and O–H groups in total. The average Bonchev–Trinajstić information content (AvgIpc) is 3.31. The van der Waals surface area contributed by atoms with Crippen LogP contribution in [0.15, 0.2) is 78.0 Å². The minimum Gasteiger partial charge on any atom is -0.207 e. The number of hydrogen-bond donors (Lipinski definition) is 0. The van der Waals surface area contributed by atoms with E-state index in [1.165, 1.54) is 69.9 Å². The lowest BCUT2D eigenvalue weighted by Gasteiger charge is -2.23. The molecule has 0 saturated heterocycles. The minimum absolute atomic E-state index is 0.0216. The standard InChI is InChI=1S/C22H19F2N5O2S/c1-16-12-21(10-11-22(16)29-15-25-26-27-29)32(30,31)28(13-17-2-6-19(23)7-3-17)14-18-4-8-20(24)9-5-18/h2-12,15H,13-14H2,1H3. The summed E-state index contributed by atoms with van der Waals surface area (Å²) in [6, 6.07) is 15.9. The maximum absolute atomic E-state index is 13.6. The molecule has 0 radical (unpaired) electrons. The number of halogens is 2. The van der Waals surface area contributed by atoms with Crippen LogP contribution in [0.3, 0.4) is 0 Å². The number of nitrogens with zero attached hydrogens (tertiary/aromatic N) is 5. The predicted octanol–water partition coefficient (Wildman–Crippen LogP) is 3.64. The zero-order chi connectivity index (χ0) is 22.7. The minimum atomic E-state index is -3.94. The van der Waals surface area contributed by atoms with Crippen LogP contribution in [0, 0.1) is 18.6 Å². The molecule has 0 aliphatic heterocycles. The van der Waals surface area contributed by atoms with Gasteiger partial charge in [0.2, 0.25) is 10.0 Å². The third-order valence-electron chi connectivity index (χ3n) is 4.95. The van der Waals surface area contributed by atoms with Crippen LogP contribution >= 0.6 is 0 Å². The average molecular weight is 455 g/mol. The highest BCUT2D eigenvalue weighted by atomic mass is 32.2. The summed E-state index contributed by atoms with van der Waals surface area (Å²) in [6.07, 6.45) is 1.42. The van der Waals surface area contributed by atoms with E-state index in [4.69, 9.17) is 0 Å². The summed E-state index contributed by atoms with van der Waals surface area (Å²) in [4.78, 5) is 0.0936. The van der Waals surface area contributed by atoms with E-state index in [9.17, 15) is 17.2 Å². The second-order valence-electron chi connectivity index (χ2n) is 7.23. The largest absolute Gasteiger partial charge is 0.243 e. The molecule has 3 aromatic carbocycles. The Bertz CT molecular complexity index is 1260. The lowest BCUT2D eigenvalue weighted by Crippen LogP contribution is -2.30. The summed E-state index contributed by atoms with van der Waals surface area (Å²) in [5.41, 5.74) is 2.57. The fraction of sp³-hybridized carbons (Fsp3) is 0.136. The summed E-state index contributed by atoms with van der Waals surface area (Å²) < 4.78 is 56.5. The highest BCUT2D eigenvalue weighted by Crippen LogP contribution is 2.24. The van der Waals surface area contributed by atoms with Crippen LogP contribution in [0.5, 0.6) is 0 Å². The van der Waals surface area contributed by atoms with Gasteiger partial charge in [0, 0.05) is 13.1 Å². The van der Waals surface area contributed by atoms with Crippen LogP contribution in [-0.2, 0) is 23.1 Å². The summed E-state index contributed by atoms with van der Waals surface area (Å²) in [5.74, 6) is -0.814. The first-order valence-electron chi connectivity index (χ1n) is 9.66. The molecule has 10 heteroatoms. The van der Waals surface area contributed by atoms with Gasteiger partial charge in [-0.1, -0.05) is 24.3 Å². The van der Waals surface area contributed by atoms with Crippen molar-refractivity contribution in [3.8, 4) is 5.69 Å². The Hall–Kier alpha value is -3.50. The molecule has 0 aliphatic rings. The van der Waals surface area contributed by atoms with Gasteiger partial charge >= 0.3 is 0 Å². The van der Waals surface area contributed by atoms with Gasteiger partial charge in [0.25, 0.3) is 0 Å². The van der Waals surface area contributed by atoms with Crippen LogP contribution in [-0.4, -0.2) is 32.9 Å². The molecule has 0 amide bonds. The van der Waals surface area contributed by atoms with Crippen LogP contribution in [0.4, 0.5) is 8.78 Å². The van der Waals surface area contributed by atoms with Crippen molar-refractivity contribution < 1.29 is 17.2 Å². The first-order valence-corrected chi connectivity index (χ1v) is 11.1. The van der Waals surface area contributed by atoms with Crippen molar-refractivity contribution in [2.24, 2.45) is 0 Å². The quantitative estimate of drug-likeness (QED) is 0.425. The zero-order valence-corrected chi connectivity index (χ0v) is 17.9. The van der Waals surface area contributed by atoms with Crippen molar-refractivity contribution >= 4 is 10.0 Å². The smallest absolute Gasteiger partial charge is 0.207 e. The van der Waals surface area contributed by atoms with Gasteiger partial charge < -0.3 is 0 Å². The molecular formula is C22H19F2N5O2S. The molecule has 4 aromatic rings. The lowest BCUT2D eigenvalue weighted by atomic mass is 10.2. The van der Waals surface area contributed by atoms with Crippen molar-refractivity contribution in [1.29, 1.82) is 0 Å². The second-order valence-corrected chi connectivity index (χ2v) is 9.17. The van der Waals surface area contributed by atoms with E-state index in [1.54, 1.807) is 19.1 Å². The summed E-state index contributed by atoms with van der Waals surface area (Å²) >= 11 is 0. The molecule has 164 valence electrons. The predicted molar refractivity (Wildman–Crippen MR) is 113 cm³/mol. The van der Waals surface area contributed by atoms with Gasteiger partial charge in [-0.3, -0.25) is 0 Å². The summed E-state index contributed by atoms with van der Waals surface area (Å²) in [6.45, 7) is 1.81. The van der Waals surface area contributed by atoms with Crippen molar-refractivity contribution in [1.82, 2.24) is 24.5 Å². The number of rotatable bonds is 7. The topological polar surface area (TPSA) is 81.0 Å². The maximum Gasteiger partial charge on any atom is 0.243 e. The molecule has 0 fully saturated rings. The van der Waals surface area contributed by atoms with E-state index < -0.39 is 21.7 Å². The Morgan fingerprint density at radius 3 is 1.91 bits per heavy atom. The molecule has 32 heavy (non-hydrogen) atoms. The molecule has 0 aliphatic carbocycles. The molecule has 0 atom stereocenters. The number of hydrogen-bond acceptors (Lipinski definition) is 5. The fourth-order valence-electron chi connectivity index (χ4n) is 3.28. The Balaban J connectivity index is 1.70. The van der Waals surface area contributed by atoms with E-state index in [0.29, 0.717) is 22.4 Å². The van der Waals surface area contributed by atoms with Crippen LogP contribution < -0.4 is 0 Å². The Labute approximate surface area is 184 Å². The van der Waals surface area contributed by atoms with E-state index in [0.717, 1.165) is 0 Å². The maximum atomic E-state index is 13.6. The first kappa shape index (κ1) is 21.7. The molecule has 0 bridgehead atoms. The third kappa shape index (κ3) is 4.71. The normalized spacial score (nSPS) is 11.8. The SMILES string of the molecule is Cc1cc(S(=O)(=O)N(Cc2ccc(F)cc2)Cc2ccc(F)cc2)ccc1-n1cnnn1. The first-order chi connectivity index (χ1) is 15.3. The molecule has 1 heterocycles. The molecule has 7 nitrogen and oxygen atoms in total. The van der Waals surface area contributed by atoms with Crippen molar-refractivity contribution in [2.45, 2.75) is 24.9 Å². The Morgan fingerprint density at radius 2 is 1.44 bits per heavy atom. The number of tetrazole rings is 1. The lowest BCUT2D eigenvalue weighted by molar-refractivity contribution is 0.400. The molecule has 0 saturated carbocycles. The van der Waals surface area contributed by atoms with Crippen LogP contribution in [0.1, 0.15) is 16.7 Å². The third-order valence-corrected chi connectivity index (χ3v) is 6.73. The van der Waals surface area contributed by atoms with Gasteiger partial charge in [-0.05, 0) is 76.5 Å². The van der Waals surface area contributed by atoms with Gasteiger partial charge in [-0.15, -0.1) is 5.10 Å². The highest BCUT2D eigenvalue weighted by Gasteiger charge is 2.26. The van der Waals surface area contributed by atoms with E-state index in [1.807, 2.05) is 0 Å². The second kappa shape index (κ2) is 8.93. The van der Waals surface area contributed by atoms with Crippen molar-refractivity contribution in [2.75, 3.05) is 0 Å².